The standard InChI is InChI=1S/C24H24NO10P/c1-25(2,3)12-13-32-36(30,31)33-14-19-24(20(26)15-8-4-5-9-16(15)21(24)27)35-23(29)18-11-7-6-10-17(18)22(28)34-19/h4-11,19H,12-14H2,1-3H3/t19-/m0/s1. The van der Waals surface area contributed by atoms with Gasteiger partial charge in [-0.25, -0.2) is 9.59 Å². The van der Waals surface area contributed by atoms with Crippen LogP contribution in [0.25, 0.3) is 0 Å². The Kier molecular flexibility index (Phi) is 6.72. The van der Waals surface area contributed by atoms with Crippen LogP contribution < -0.4 is 4.89 Å². The van der Waals surface area contributed by atoms with Crippen LogP contribution in [0.2, 0.25) is 0 Å². The number of carbonyl (C=O) groups excluding carboxylic acids is 4. The normalized spacial score (nSPS) is 20.6. The number of hydrogen-bond acceptors (Lipinski definition) is 10. The molecule has 4 rings (SSSR count). The maximum Gasteiger partial charge on any atom is 0.340 e. The van der Waals surface area contributed by atoms with E-state index in [-0.39, 0.29) is 28.9 Å². The molecule has 1 spiro atoms. The van der Waals surface area contributed by atoms with E-state index < -0.39 is 49.6 Å². The van der Waals surface area contributed by atoms with E-state index in [2.05, 4.69) is 0 Å². The molecule has 190 valence electrons. The third-order valence-electron chi connectivity index (χ3n) is 5.81. The zero-order chi connectivity index (χ0) is 26.3. The molecule has 2 atom stereocenters. The molecule has 2 aromatic rings. The predicted octanol–water partition coefficient (Wildman–Crippen LogP) is 1.41. The number of quaternary nitrogens is 1. The number of ketones is 2. The van der Waals surface area contributed by atoms with Gasteiger partial charge in [0.15, 0.2) is 6.10 Å². The molecule has 1 aliphatic carbocycles. The zero-order valence-corrected chi connectivity index (χ0v) is 20.7. The summed E-state index contributed by atoms with van der Waals surface area (Å²) in [7, 11) is 0.541. The first-order chi connectivity index (χ1) is 16.9. The Hall–Kier alpha value is -3.21. The van der Waals surface area contributed by atoms with E-state index in [1.54, 1.807) is 0 Å². The van der Waals surface area contributed by atoms with E-state index in [1.165, 1.54) is 48.5 Å². The fourth-order valence-corrected chi connectivity index (χ4v) is 4.62. The molecule has 0 aromatic heterocycles. The minimum Gasteiger partial charge on any atom is -0.756 e. The van der Waals surface area contributed by atoms with Crippen LogP contribution >= 0.6 is 7.82 Å². The number of esters is 2. The van der Waals surface area contributed by atoms with Crippen LogP contribution in [0.1, 0.15) is 41.4 Å². The van der Waals surface area contributed by atoms with Gasteiger partial charge in [-0.05, 0) is 12.1 Å². The van der Waals surface area contributed by atoms with Crippen molar-refractivity contribution in [3.63, 3.8) is 0 Å². The Balaban J connectivity index is 1.71. The van der Waals surface area contributed by atoms with E-state index in [0.717, 1.165) is 0 Å². The Bertz CT molecular complexity index is 1260. The Morgan fingerprint density at radius 1 is 0.861 bits per heavy atom. The Morgan fingerprint density at radius 3 is 1.89 bits per heavy atom. The van der Waals surface area contributed by atoms with Gasteiger partial charge in [0, 0.05) is 11.1 Å². The number of ether oxygens (including phenoxy) is 2. The summed E-state index contributed by atoms with van der Waals surface area (Å²) < 4.78 is 33.5. The van der Waals surface area contributed by atoms with Crippen LogP contribution in [-0.2, 0) is 23.1 Å². The van der Waals surface area contributed by atoms with Crippen molar-refractivity contribution in [1.29, 1.82) is 0 Å². The van der Waals surface area contributed by atoms with Crippen LogP contribution in [0, 0.1) is 0 Å². The lowest BCUT2D eigenvalue weighted by atomic mass is 9.89. The third kappa shape index (κ3) is 4.76. The van der Waals surface area contributed by atoms with Crippen molar-refractivity contribution in [2.45, 2.75) is 11.7 Å². The summed E-state index contributed by atoms with van der Waals surface area (Å²) in [5.74, 6) is -4.09. The van der Waals surface area contributed by atoms with Gasteiger partial charge in [-0.1, -0.05) is 36.4 Å². The first-order valence-corrected chi connectivity index (χ1v) is 12.4. The quantitative estimate of drug-likeness (QED) is 0.229. The van der Waals surface area contributed by atoms with Crippen molar-refractivity contribution in [2.24, 2.45) is 0 Å². The number of fused-ring (bicyclic) bond motifs is 2. The molecular formula is C24H24NO10P. The molecule has 12 heteroatoms. The number of Topliss-reactive ketones (excluding diaryl/α,β-unsaturated/α-hetero) is 2. The number of hydrogen-bond donors (Lipinski definition) is 0. The van der Waals surface area contributed by atoms with Crippen molar-refractivity contribution in [1.82, 2.24) is 0 Å². The lowest BCUT2D eigenvalue weighted by Crippen LogP contribution is -2.59. The molecule has 0 amide bonds. The lowest BCUT2D eigenvalue weighted by molar-refractivity contribution is -0.870. The van der Waals surface area contributed by atoms with E-state index in [4.69, 9.17) is 18.5 Å². The monoisotopic (exact) mass is 517 g/mol. The molecule has 0 radical (unpaired) electrons. The van der Waals surface area contributed by atoms with Gasteiger partial charge in [-0.15, -0.1) is 0 Å². The fraction of sp³-hybridized carbons (Fsp3) is 0.333. The molecule has 2 aliphatic rings. The van der Waals surface area contributed by atoms with Crippen LogP contribution in [0.4, 0.5) is 0 Å². The van der Waals surface area contributed by atoms with Gasteiger partial charge in [0.25, 0.3) is 13.4 Å². The van der Waals surface area contributed by atoms with E-state index in [9.17, 15) is 28.6 Å². The minimum absolute atomic E-state index is 0.0605. The fourth-order valence-electron chi connectivity index (χ4n) is 3.92. The second-order valence-electron chi connectivity index (χ2n) is 9.36. The largest absolute Gasteiger partial charge is 0.756 e. The molecule has 0 saturated heterocycles. The summed E-state index contributed by atoms with van der Waals surface area (Å²) in [6.45, 7) is -0.873. The summed E-state index contributed by atoms with van der Waals surface area (Å²) in [4.78, 5) is 65.4. The number of phosphoric acid groups is 1. The van der Waals surface area contributed by atoms with Crippen LogP contribution in [0.5, 0.6) is 0 Å². The van der Waals surface area contributed by atoms with Crippen LogP contribution in [0.15, 0.2) is 48.5 Å². The number of benzene rings is 2. The highest BCUT2D eigenvalue weighted by atomic mass is 31.2. The van der Waals surface area contributed by atoms with Crippen molar-refractivity contribution in [2.75, 3.05) is 40.9 Å². The Morgan fingerprint density at radius 2 is 1.36 bits per heavy atom. The van der Waals surface area contributed by atoms with Crippen molar-refractivity contribution in [3.8, 4) is 0 Å². The zero-order valence-electron chi connectivity index (χ0n) is 19.8. The lowest BCUT2D eigenvalue weighted by Gasteiger charge is -2.36. The number of cyclic esters (lactones) is 1. The highest BCUT2D eigenvalue weighted by molar-refractivity contribution is 7.45. The molecule has 36 heavy (non-hydrogen) atoms. The molecule has 2 aromatic carbocycles. The second-order valence-corrected chi connectivity index (χ2v) is 10.8. The average Bonchev–Trinajstić information content (AvgIpc) is 3.02. The minimum atomic E-state index is -4.96. The van der Waals surface area contributed by atoms with Crippen molar-refractivity contribution >= 4 is 31.3 Å². The van der Waals surface area contributed by atoms with E-state index >= 15 is 0 Å². The van der Waals surface area contributed by atoms with Gasteiger partial charge >= 0.3 is 11.9 Å². The van der Waals surface area contributed by atoms with Gasteiger partial charge in [0.2, 0.25) is 11.6 Å². The SMILES string of the molecule is C[N+](C)(C)CCOP(=O)([O-])OC[C@@H]1OC(=O)c2ccccc2C(=O)OC12C(=O)c1ccccc1C2=O. The molecule has 11 nitrogen and oxygen atoms in total. The molecule has 1 heterocycles. The maximum atomic E-state index is 13.5. The molecule has 0 N–H and O–H groups in total. The van der Waals surface area contributed by atoms with Crippen LogP contribution in [-0.4, -0.2) is 80.6 Å². The molecular weight excluding hydrogens is 493 g/mol. The average molecular weight is 517 g/mol. The highest BCUT2D eigenvalue weighted by Gasteiger charge is 2.64. The molecule has 1 unspecified atom stereocenters. The van der Waals surface area contributed by atoms with Gasteiger partial charge in [0.05, 0.1) is 38.9 Å². The predicted molar refractivity (Wildman–Crippen MR) is 121 cm³/mol. The maximum absolute atomic E-state index is 13.5. The first kappa shape index (κ1) is 25.9. The molecule has 1 aliphatic heterocycles. The number of nitrogens with zero attached hydrogens (tertiary/aromatic N) is 1. The number of likely N-dealkylation sites (N-methyl/N-ethyl adjacent to an activating group) is 1. The summed E-state index contributed by atoms with van der Waals surface area (Å²) in [5, 5.41) is 0. The van der Waals surface area contributed by atoms with Gasteiger partial charge in [-0.3, -0.25) is 14.2 Å². The summed E-state index contributed by atoms with van der Waals surface area (Å²) in [6, 6.07) is 11.3. The molecule has 0 bridgehead atoms. The number of carbonyl (C=O) groups is 4. The highest BCUT2D eigenvalue weighted by Crippen LogP contribution is 2.43. The first-order valence-electron chi connectivity index (χ1n) is 11.0. The third-order valence-corrected chi connectivity index (χ3v) is 6.77. The molecule has 0 fully saturated rings. The summed E-state index contributed by atoms with van der Waals surface area (Å²) >= 11 is 0. The van der Waals surface area contributed by atoms with E-state index in [0.29, 0.717) is 11.0 Å². The van der Waals surface area contributed by atoms with Gasteiger partial charge in [-0.2, -0.15) is 0 Å². The topological polar surface area (TPSA) is 145 Å². The number of rotatable bonds is 7. The van der Waals surface area contributed by atoms with E-state index in [1.807, 2.05) is 21.1 Å². The summed E-state index contributed by atoms with van der Waals surface area (Å²) in [6.07, 6.45) is -1.92. The van der Waals surface area contributed by atoms with Gasteiger partial charge in [0.1, 0.15) is 13.2 Å². The molecule has 0 saturated carbocycles. The second kappa shape index (κ2) is 9.34. The smallest absolute Gasteiger partial charge is 0.340 e. The van der Waals surface area contributed by atoms with Crippen LogP contribution in [0.3, 0.4) is 0 Å². The van der Waals surface area contributed by atoms with Crippen molar-refractivity contribution < 1.29 is 51.6 Å². The van der Waals surface area contributed by atoms with Crippen molar-refractivity contribution in [3.05, 3.63) is 70.8 Å². The summed E-state index contributed by atoms with van der Waals surface area (Å²) in [5.41, 5.74) is -3.19. The van der Waals surface area contributed by atoms with Gasteiger partial charge < -0.3 is 27.9 Å². The number of phosphoric ester groups is 1. The Labute approximate surface area is 206 Å².